The van der Waals surface area contributed by atoms with Crippen LogP contribution in [0.4, 0.5) is 15.4 Å². The van der Waals surface area contributed by atoms with Gasteiger partial charge in [-0.05, 0) is 45.2 Å². The van der Waals surface area contributed by atoms with E-state index in [0.717, 1.165) is 0 Å². The van der Waals surface area contributed by atoms with Crippen molar-refractivity contribution in [1.29, 1.82) is 0 Å². The molecule has 0 aromatic carbocycles. The fraction of sp³-hybridized carbons (Fsp3) is 0.600. The minimum absolute atomic E-state index is 0.128. The predicted octanol–water partition coefficient (Wildman–Crippen LogP) is 3.00. The number of ether oxygens (including phenoxy) is 1. The van der Waals surface area contributed by atoms with Crippen LogP contribution in [-0.2, 0) is 9.53 Å². The van der Waals surface area contributed by atoms with Crippen molar-refractivity contribution in [2.75, 3.05) is 18.4 Å². The molecule has 1 aliphatic rings. The molecular formula is C20H31N5O4. The highest BCUT2D eigenvalue weighted by molar-refractivity contribution is 5.92. The number of hydrogen-bond donors (Lipinski definition) is 2. The van der Waals surface area contributed by atoms with E-state index < -0.39 is 23.8 Å². The molecule has 0 aliphatic carbocycles. The molecule has 9 heteroatoms. The Morgan fingerprint density at radius 2 is 1.90 bits per heavy atom. The molecule has 2 atom stereocenters. The predicted molar refractivity (Wildman–Crippen MR) is 109 cm³/mol. The standard InChI is InChI=1S/C20H31N5O4/c1-6-14(2)16(23-19(28)29-20(3,4)5)17(26)24-12-9-13-25(24)18(27)22-15-10-7-8-11-21-15/h7-8,10-11,14,16H,6,9,12-13H2,1-5H3,(H,23,28)(H,21,22,27). The smallest absolute Gasteiger partial charge is 0.408 e. The number of anilines is 1. The summed E-state index contributed by atoms with van der Waals surface area (Å²) in [5.74, 6) is -0.0580. The molecule has 0 saturated carbocycles. The van der Waals surface area contributed by atoms with E-state index in [1.807, 2.05) is 13.8 Å². The zero-order valence-electron chi connectivity index (χ0n) is 17.8. The molecule has 29 heavy (non-hydrogen) atoms. The van der Waals surface area contributed by atoms with Gasteiger partial charge in [0.05, 0.1) is 0 Å². The van der Waals surface area contributed by atoms with Crippen molar-refractivity contribution in [2.45, 2.75) is 59.1 Å². The molecule has 4 amide bonds. The largest absolute Gasteiger partial charge is 0.444 e. The third kappa shape index (κ3) is 6.33. The van der Waals surface area contributed by atoms with Crippen LogP contribution in [0, 0.1) is 5.92 Å². The van der Waals surface area contributed by atoms with E-state index in [0.29, 0.717) is 31.7 Å². The number of urea groups is 1. The normalized spacial score (nSPS) is 16.2. The van der Waals surface area contributed by atoms with E-state index in [9.17, 15) is 14.4 Å². The molecule has 0 bridgehead atoms. The average molecular weight is 405 g/mol. The number of hydrogen-bond acceptors (Lipinski definition) is 5. The molecule has 9 nitrogen and oxygen atoms in total. The first kappa shape index (κ1) is 22.4. The number of aromatic nitrogens is 1. The van der Waals surface area contributed by atoms with Gasteiger partial charge >= 0.3 is 12.1 Å². The molecule has 1 fully saturated rings. The fourth-order valence-electron chi connectivity index (χ4n) is 2.94. The summed E-state index contributed by atoms with van der Waals surface area (Å²) in [6.45, 7) is 9.91. The molecule has 2 heterocycles. The van der Waals surface area contributed by atoms with Crippen molar-refractivity contribution in [3.63, 3.8) is 0 Å². The van der Waals surface area contributed by atoms with Crippen molar-refractivity contribution in [1.82, 2.24) is 20.3 Å². The Balaban J connectivity index is 2.11. The maximum atomic E-state index is 13.2. The van der Waals surface area contributed by atoms with Gasteiger partial charge in [-0.15, -0.1) is 0 Å². The Morgan fingerprint density at radius 3 is 2.48 bits per heavy atom. The quantitative estimate of drug-likeness (QED) is 0.784. The van der Waals surface area contributed by atoms with Gasteiger partial charge in [0.2, 0.25) is 0 Å². The van der Waals surface area contributed by atoms with Crippen molar-refractivity contribution in [2.24, 2.45) is 5.92 Å². The molecule has 2 rings (SSSR count). The van der Waals surface area contributed by atoms with Crippen LogP contribution < -0.4 is 10.6 Å². The highest BCUT2D eigenvalue weighted by atomic mass is 16.6. The van der Waals surface area contributed by atoms with Crippen LogP contribution in [0.5, 0.6) is 0 Å². The van der Waals surface area contributed by atoms with Crippen LogP contribution in [0.1, 0.15) is 47.5 Å². The third-order valence-corrected chi connectivity index (χ3v) is 4.57. The van der Waals surface area contributed by atoms with E-state index in [1.165, 1.54) is 10.0 Å². The highest BCUT2D eigenvalue weighted by Gasteiger charge is 2.38. The molecule has 160 valence electrons. The van der Waals surface area contributed by atoms with Gasteiger partial charge in [-0.1, -0.05) is 26.3 Å². The lowest BCUT2D eigenvalue weighted by molar-refractivity contribution is -0.143. The summed E-state index contributed by atoms with van der Waals surface area (Å²) in [4.78, 5) is 42.2. The van der Waals surface area contributed by atoms with Gasteiger partial charge in [-0.2, -0.15) is 0 Å². The first-order valence-electron chi connectivity index (χ1n) is 9.92. The van der Waals surface area contributed by atoms with Crippen molar-refractivity contribution < 1.29 is 19.1 Å². The van der Waals surface area contributed by atoms with Gasteiger partial charge in [0.15, 0.2) is 0 Å². The van der Waals surface area contributed by atoms with Crippen LogP contribution in [0.15, 0.2) is 24.4 Å². The Morgan fingerprint density at radius 1 is 1.21 bits per heavy atom. The molecule has 1 aromatic rings. The summed E-state index contributed by atoms with van der Waals surface area (Å²) in [5.41, 5.74) is -0.671. The first-order valence-corrected chi connectivity index (χ1v) is 9.92. The van der Waals surface area contributed by atoms with Crippen LogP contribution >= 0.6 is 0 Å². The summed E-state index contributed by atoms with van der Waals surface area (Å²) in [6.07, 6.45) is 2.26. The number of carbonyl (C=O) groups is 3. The van der Waals surface area contributed by atoms with Crippen molar-refractivity contribution in [3.05, 3.63) is 24.4 Å². The maximum Gasteiger partial charge on any atom is 0.408 e. The number of nitrogens with one attached hydrogen (secondary N) is 2. The highest BCUT2D eigenvalue weighted by Crippen LogP contribution is 2.19. The zero-order valence-corrected chi connectivity index (χ0v) is 17.8. The van der Waals surface area contributed by atoms with Gasteiger partial charge in [0, 0.05) is 19.3 Å². The first-order chi connectivity index (χ1) is 13.6. The second-order valence-corrected chi connectivity index (χ2v) is 8.09. The topological polar surface area (TPSA) is 104 Å². The molecule has 0 spiro atoms. The van der Waals surface area contributed by atoms with Gasteiger partial charge in [-0.25, -0.2) is 24.6 Å². The minimum Gasteiger partial charge on any atom is -0.444 e. The lowest BCUT2D eigenvalue weighted by Crippen LogP contribution is -2.56. The summed E-state index contributed by atoms with van der Waals surface area (Å²) < 4.78 is 5.31. The lowest BCUT2D eigenvalue weighted by Gasteiger charge is -2.33. The average Bonchev–Trinajstić information content (AvgIpc) is 3.14. The number of pyridine rings is 1. The van der Waals surface area contributed by atoms with Gasteiger partial charge in [0.25, 0.3) is 5.91 Å². The number of nitrogens with zero attached hydrogens (tertiary/aromatic N) is 3. The number of alkyl carbamates (subject to hydrolysis) is 1. The summed E-state index contributed by atoms with van der Waals surface area (Å²) in [7, 11) is 0. The molecule has 2 N–H and O–H groups in total. The van der Waals surface area contributed by atoms with Gasteiger partial charge < -0.3 is 10.1 Å². The summed E-state index contributed by atoms with van der Waals surface area (Å²) >= 11 is 0. The fourth-order valence-corrected chi connectivity index (χ4v) is 2.94. The zero-order chi connectivity index (χ0) is 21.6. The summed E-state index contributed by atoms with van der Waals surface area (Å²) in [6, 6.07) is 3.96. The number of carbonyl (C=O) groups excluding carboxylic acids is 3. The Bertz CT molecular complexity index is 719. The summed E-state index contributed by atoms with van der Waals surface area (Å²) in [5, 5.41) is 8.14. The van der Waals surface area contributed by atoms with E-state index in [2.05, 4.69) is 15.6 Å². The number of hydrazine groups is 1. The SMILES string of the molecule is CCC(C)C(NC(=O)OC(C)(C)C)C(=O)N1CCCN1C(=O)Nc1ccccn1. The molecule has 0 radical (unpaired) electrons. The van der Waals surface area contributed by atoms with E-state index >= 15 is 0 Å². The van der Waals surface area contributed by atoms with E-state index in [-0.39, 0.29) is 11.8 Å². The monoisotopic (exact) mass is 405 g/mol. The van der Waals surface area contributed by atoms with Crippen LogP contribution in [0.3, 0.4) is 0 Å². The van der Waals surface area contributed by atoms with Crippen LogP contribution in [0.25, 0.3) is 0 Å². The Hall–Kier alpha value is -2.84. The Labute approximate surface area is 171 Å². The van der Waals surface area contributed by atoms with E-state index in [4.69, 9.17) is 4.74 Å². The van der Waals surface area contributed by atoms with Crippen molar-refractivity contribution in [3.8, 4) is 0 Å². The second kappa shape index (κ2) is 9.58. The van der Waals surface area contributed by atoms with Crippen LogP contribution in [0.2, 0.25) is 0 Å². The van der Waals surface area contributed by atoms with Crippen molar-refractivity contribution >= 4 is 23.8 Å². The molecule has 2 unspecified atom stereocenters. The molecular weight excluding hydrogens is 374 g/mol. The number of rotatable bonds is 5. The van der Waals surface area contributed by atoms with Gasteiger partial charge in [0.1, 0.15) is 17.5 Å². The van der Waals surface area contributed by atoms with Crippen LogP contribution in [-0.4, -0.2) is 57.8 Å². The van der Waals surface area contributed by atoms with E-state index in [1.54, 1.807) is 45.2 Å². The number of amides is 4. The lowest BCUT2D eigenvalue weighted by atomic mass is 9.98. The third-order valence-electron chi connectivity index (χ3n) is 4.57. The minimum atomic E-state index is -0.793. The maximum absolute atomic E-state index is 13.2. The van der Waals surface area contributed by atoms with Gasteiger partial charge in [-0.3, -0.25) is 10.1 Å². The molecule has 1 saturated heterocycles. The molecule has 1 aromatic heterocycles. The second-order valence-electron chi connectivity index (χ2n) is 8.09. The Kier molecular flexibility index (Phi) is 7.41. The molecule has 1 aliphatic heterocycles.